The summed E-state index contributed by atoms with van der Waals surface area (Å²) in [7, 11) is 0. The van der Waals surface area contributed by atoms with Gasteiger partial charge in [-0.3, -0.25) is 14.4 Å². The average Bonchev–Trinajstić information content (AvgIpc) is 3.08. The van der Waals surface area contributed by atoms with E-state index in [0.29, 0.717) is 13.0 Å². The lowest BCUT2D eigenvalue weighted by Crippen LogP contribution is -2.30. The van der Waals surface area contributed by atoms with Crippen molar-refractivity contribution in [3.63, 3.8) is 0 Å². The molecule has 1 fully saturated rings. The molecule has 9 heteroatoms. The highest BCUT2D eigenvalue weighted by atomic mass is 19.4. The summed E-state index contributed by atoms with van der Waals surface area (Å²) in [4.78, 5) is 37.9. The van der Waals surface area contributed by atoms with Crippen LogP contribution in [0.1, 0.15) is 24.5 Å². The molecule has 0 unspecified atom stereocenters. The number of carbonyl (C=O) groups is 3. The zero-order valence-corrected chi connectivity index (χ0v) is 16.8. The number of hydrogen-bond acceptors (Lipinski definition) is 3. The van der Waals surface area contributed by atoms with Gasteiger partial charge in [0, 0.05) is 26.4 Å². The summed E-state index contributed by atoms with van der Waals surface area (Å²) < 4.78 is 39.2. The van der Waals surface area contributed by atoms with Gasteiger partial charge in [0.25, 0.3) is 0 Å². The number of carbonyl (C=O) groups excluding carboxylic acids is 3. The topological polar surface area (TPSA) is 78.5 Å². The highest BCUT2D eigenvalue weighted by Gasteiger charge is 2.35. The van der Waals surface area contributed by atoms with Crippen molar-refractivity contribution in [2.75, 3.05) is 23.7 Å². The third kappa shape index (κ3) is 5.84. The molecular formula is C22H22F3N3O3. The van der Waals surface area contributed by atoms with E-state index in [2.05, 4.69) is 10.6 Å². The summed E-state index contributed by atoms with van der Waals surface area (Å²) in [6, 6.07) is 12.3. The fourth-order valence-electron chi connectivity index (χ4n) is 3.43. The molecule has 0 bridgehead atoms. The van der Waals surface area contributed by atoms with Crippen LogP contribution in [0, 0.1) is 5.92 Å². The number of hydrogen-bond donors (Lipinski definition) is 2. The zero-order chi connectivity index (χ0) is 22.6. The zero-order valence-electron chi connectivity index (χ0n) is 16.8. The fourth-order valence-corrected chi connectivity index (χ4v) is 3.43. The van der Waals surface area contributed by atoms with E-state index in [1.165, 1.54) is 6.92 Å². The van der Waals surface area contributed by atoms with Gasteiger partial charge in [-0.15, -0.1) is 0 Å². The van der Waals surface area contributed by atoms with Crippen LogP contribution in [-0.4, -0.2) is 35.7 Å². The lowest BCUT2D eigenvalue weighted by atomic mass is 10.1. The molecule has 0 spiro atoms. The molecule has 2 aromatic rings. The largest absolute Gasteiger partial charge is 0.416 e. The molecule has 0 radical (unpaired) electrons. The molecule has 1 heterocycles. The molecule has 2 aromatic carbocycles. The number of likely N-dealkylation sites (tertiary alicyclic amines) is 1. The third-order valence-electron chi connectivity index (χ3n) is 5.01. The lowest BCUT2D eigenvalue weighted by molar-refractivity contribution is -0.137. The third-order valence-corrected chi connectivity index (χ3v) is 5.01. The number of benzene rings is 2. The molecule has 31 heavy (non-hydrogen) atoms. The Morgan fingerprint density at radius 3 is 2.42 bits per heavy atom. The molecule has 2 N–H and O–H groups in total. The van der Waals surface area contributed by atoms with Gasteiger partial charge in [0.2, 0.25) is 17.7 Å². The number of nitrogens with one attached hydrogen (secondary N) is 2. The van der Waals surface area contributed by atoms with E-state index in [1.54, 1.807) is 4.90 Å². The first kappa shape index (κ1) is 22.3. The highest BCUT2D eigenvalue weighted by Crippen LogP contribution is 2.34. The molecule has 1 atom stereocenters. The average molecular weight is 433 g/mol. The monoisotopic (exact) mass is 433 g/mol. The summed E-state index contributed by atoms with van der Waals surface area (Å²) >= 11 is 0. The molecule has 3 rings (SSSR count). The Bertz CT molecular complexity index is 977. The van der Waals surface area contributed by atoms with Crippen LogP contribution >= 0.6 is 0 Å². The van der Waals surface area contributed by atoms with Crippen LogP contribution in [-0.2, 0) is 27.0 Å². The minimum absolute atomic E-state index is 0.0188. The van der Waals surface area contributed by atoms with E-state index in [-0.39, 0.29) is 30.2 Å². The number of anilines is 2. The van der Waals surface area contributed by atoms with Crippen molar-refractivity contribution in [3.8, 4) is 0 Å². The Labute approximate surface area is 177 Å². The normalized spacial score (nSPS) is 16.3. The van der Waals surface area contributed by atoms with Crippen molar-refractivity contribution >= 4 is 29.1 Å². The number of amides is 3. The van der Waals surface area contributed by atoms with E-state index >= 15 is 0 Å². The molecule has 0 aliphatic carbocycles. The summed E-state index contributed by atoms with van der Waals surface area (Å²) in [5.74, 6) is -1.93. The van der Waals surface area contributed by atoms with Crippen LogP contribution in [0.15, 0.2) is 48.5 Å². The Hall–Kier alpha value is -3.36. The van der Waals surface area contributed by atoms with Crippen LogP contribution in [0.3, 0.4) is 0 Å². The Morgan fingerprint density at radius 2 is 1.77 bits per heavy atom. The molecule has 1 aliphatic heterocycles. The highest BCUT2D eigenvalue weighted by molar-refractivity contribution is 6.01. The fraction of sp³-hybridized carbons (Fsp3) is 0.318. The van der Waals surface area contributed by atoms with E-state index < -0.39 is 29.5 Å². The maximum atomic E-state index is 13.1. The molecule has 0 saturated carbocycles. The van der Waals surface area contributed by atoms with Gasteiger partial charge in [-0.25, -0.2) is 0 Å². The van der Waals surface area contributed by atoms with E-state index in [1.807, 2.05) is 30.3 Å². The quantitative estimate of drug-likeness (QED) is 0.729. The van der Waals surface area contributed by atoms with E-state index in [0.717, 1.165) is 23.8 Å². The second-order valence-electron chi connectivity index (χ2n) is 7.40. The van der Waals surface area contributed by atoms with Gasteiger partial charge in [-0.2, -0.15) is 13.2 Å². The minimum atomic E-state index is -4.61. The predicted molar refractivity (Wildman–Crippen MR) is 109 cm³/mol. The maximum absolute atomic E-state index is 13.1. The van der Waals surface area contributed by atoms with Gasteiger partial charge in [-0.05, 0) is 30.2 Å². The molecular weight excluding hydrogens is 411 g/mol. The van der Waals surface area contributed by atoms with Gasteiger partial charge in [-0.1, -0.05) is 30.3 Å². The van der Waals surface area contributed by atoms with Gasteiger partial charge >= 0.3 is 6.18 Å². The Kier molecular flexibility index (Phi) is 6.62. The van der Waals surface area contributed by atoms with Crippen LogP contribution in [0.5, 0.6) is 0 Å². The summed E-state index contributed by atoms with van der Waals surface area (Å²) in [6.07, 6.45) is -3.98. The van der Waals surface area contributed by atoms with E-state index in [4.69, 9.17) is 0 Å². The summed E-state index contributed by atoms with van der Waals surface area (Å²) in [6.45, 7) is 1.85. The van der Waals surface area contributed by atoms with Gasteiger partial charge < -0.3 is 15.5 Å². The number of nitrogens with zero attached hydrogens (tertiary/aromatic N) is 1. The smallest absolute Gasteiger partial charge is 0.342 e. The van der Waals surface area contributed by atoms with Crippen LogP contribution in [0.4, 0.5) is 24.5 Å². The van der Waals surface area contributed by atoms with Gasteiger partial charge in [0.1, 0.15) is 0 Å². The number of alkyl halides is 3. The number of rotatable bonds is 6. The first-order valence-electron chi connectivity index (χ1n) is 9.75. The van der Waals surface area contributed by atoms with Crippen molar-refractivity contribution in [1.82, 2.24) is 4.90 Å². The van der Waals surface area contributed by atoms with Crippen molar-refractivity contribution in [3.05, 3.63) is 59.7 Å². The predicted octanol–water partition coefficient (Wildman–Crippen LogP) is 3.69. The maximum Gasteiger partial charge on any atom is 0.416 e. The van der Waals surface area contributed by atoms with Crippen molar-refractivity contribution < 1.29 is 27.6 Å². The number of halogens is 3. The van der Waals surface area contributed by atoms with Crippen molar-refractivity contribution in [1.29, 1.82) is 0 Å². The van der Waals surface area contributed by atoms with Crippen LogP contribution < -0.4 is 10.6 Å². The van der Waals surface area contributed by atoms with Gasteiger partial charge in [0.05, 0.1) is 22.9 Å². The summed E-state index contributed by atoms with van der Waals surface area (Å²) in [5, 5.41) is 4.86. The Balaban J connectivity index is 1.69. The SMILES string of the molecule is CC(=O)Nc1ccc(C(F)(F)F)cc1NC(=O)[C@H]1CC(=O)N(CCc2ccccc2)C1. The first-order chi connectivity index (χ1) is 14.6. The van der Waals surface area contributed by atoms with Crippen molar-refractivity contribution in [2.24, 2.45) is 5.92 Å². The lowest BCUT2D eigenvalue weighted by Gasteiger charge is -2.18. The second kappa shape index (κ2) is 9.20. The molecule has 0 aromatic heterocycles. The van der Waals surface area contributed by atoms with E-state index in [9.17, 15) is 27.6 Å². The second-order valence-corrected chi connectivity index (χ2v) is 7.40. The Morgan fingerprint density at radius 1 is 1.06 bits per heavy atom. The summed E-state index contributed by atoms with van der Waals surface area (Å²) in [5.41, 5.74) is 0.000297. The van der Waals surface area contributed by atoms with Crippen molar-refractivity contribution in [2.45, 2.75) is 25.9 Å². The first-order valence-corrected chi connectivity index (χ1v) is 9.75. The molecule has 1 saturated heterocycles. The molecule has 3 amide bonds. The molecule has 164 valence electrons. The van der Waals surface area contributed by atoms with Crippen LogP contribution in [0.25, 0.3) is 0 Å². The minimum Gasteiger partial charge on any atom is -0.342 e. The van der Waals surface area contributed by atoms with Crippen LogP contribution in [0.2, 0.25) is 0 Å². The van der Waals surface area contributed by atoms with Gasteiger partial charge in [0.15, 0.2) is 0 Å². The molecule has 1 aliphatic rings. The molecule has 6 nitrogen and oxygen atoms in total. The standard InChI is InChI=1S/C22H22F3N3O3/c1-14(29)26-18-8-7-17(22(23,24)25)12-19(18)27-21(31)16-11-20(30)28(13-16)10-9-15-5-3-2-4-6-15/h2-8,12,16H,9-11,13H2,1H3,(H,26,29)(H,27,31)/t16-/m0/s1.